The lowest BCUT2D eigenvalue weighted by atomic mass is 10.1. The van der Waals surface area contributed by atoms with Gasteiger partial charge in [0.25, 0.3) is 0 Å². The number of rotatable bonds is 6. The smallest absolute Gasteiger partial charge is 0.0233 e. The van der Waals surface area contributed by atoms with Crippen molar-refractivity contribution in [2.24, 2.45) is 5.73 Å². The third-order valence-corrected chi connectivity index (χ3v) is 2.61. The van der Waals surface area contributed by atoms with Crippen LogP contribution in [-0.4, -0.2) is 24.5 Å². The molecule has 15 heavy (non-hydrogen) atoms. The molecule has 0 spiro atoms. The Balaban J connectivity index is 2.50. The molecule has 0 unspecified atom stereocenters. The number of hydrogen-bond donors (Lipinski definition) is 1. The average Bonchev–Trinajstić information content (AvgIpc) is 2.24. The van der Waals surface area contributed by atoms with Gasteiger partial charge in [-0.3, -0.25) is 4.90 Å². The largest absolute Gasteiger partial charge is 0.330 e. The Morgan fingerprint density at radius 2 is 2.13 bits per heavy atom. The molecule has 0 bridgehead atoms. The molecule has 0 heterocycles. The molecule has 1 rings (SSSR count). The minimum Gasteiger partial charge on any atom is -0.330 e. The van der Waals surface area contributed by atoms with Gasteiger partial charge in [-0.05, 0) is 38.5 Å². The number of aryl methyl sites for hydroxylation is 1. The van der Waals surface area contributed by atoms with Crippen LogP contribution in [0.3, 0.4) is 0 Å². The van der Waals surface area contributed by atoms with Crippen LogP contribution < -0.4 is 5.73 Å². The summed E-state index contributed by atoms with van der Waals surface area (Å²) in [6.45, 7) is 8.35. The molecule has 0 saturated carbocycles. The fraction of sp³-hybridized carbons (Fsp3) is 0.538. The average molecular weight is 206 g/mol. The summed E-state index contributed by atoms with van der Waals surface area (Å²) in [6.07, 6.45) is 1.08. The normalized spacial score (nSPS) is 10.9. The predicted octanol–water partition coefficient (Wildman–Crippen LogP) is 2.17. The second-order valence-corrected chi connectivity index (χ2v) is 4.00. The lowest BCUT2D eigenvalue weighted by Crippen LogP contribution is -2.25. The van der Waals surface area contributed by atoms with E-state index in [1.807, 2.05) is 0 Å². The molecule has 0 radical (unpaired) electrons. The summed E-state index contributed by atoms with van der Waals surface area (Å²) in [7, 11) is 0. The summed E-state index contributed by atoms with van der Waals surface area (Å²) in [5.74, 6) is 0. The molecule has 0 fully saturated rings. The van der Waals surface area contributed by atoms with E-state index < -0.39 is 0 Å². The Hall–Kier alpha value is -0.860. The summed E-state index contributed by atoms with van der Waals surface area (Å²) in [5.41, 5.74) is 8.25. The van der Waals surface area contributed by atoms with Gasteiger partial charge in [-0.25, -0.2) is 0 Å². The maximum Gasteiger partial charge on any atom is 0.0233 e. The van der Waals surface area contributed by atoms with E-state index in [0.29, 0.717) is 0 Å². The van der Waals surface area contributed by atoms with E-state index in [1.54, 1.807) is 0 Å². The van der Waals surface area contributed by atoms with Crippen molar-refractivity contribution in [1.82, 2.24) is 4.90 Å². The maximum atomic E-state index is 5.52. The number of nitrogens with two attached hydrogens (primary N) is 1. The van der Waals surface area contributed by atoms with Crippen molar-refractivity contribution >= 4 is 0 Å². The quantitative estimate of drug-likeness (QED) is 0.773. The van der Waals surface area contributed by atoms with Crippen molar-refractivity contribution in [1.29, 1.82) is 0 Å². The molecule has 2 N–H and O–H groups in total. The van der Waals surface area contributed by atoms with Crippen LogP contribution in [0.25, 0.3) is 0 Å². The van der Waals surface area contributed by atoms with Gasteiger partial charge in [-0.2, -0.15) is 0 Å². The minimum atomic E-state index is 0.782. The van der Waals surface area contributed by atoms with Crippen molar-refractivity contribution in [2.75, 3.05) is 19.6 Å². The SMILES string of the molecule is CCN(CCCN)Cc1cccc(C)c1. The molecule has 1 aromatic carbocycles. The molecule has 0 amide bonds. The zero-order valence-electron chi connectivity index (χ0n) is 9.87. The second-order valence-electron chi connectivity index (χ2n) is 4.00. The molecule has 0 atom stereocenters. The van der Waals surface area contributed by atoms with Crippen molar-refractivity contribution in [3.05, 3.63) is 35.4 Å². The molecule has 0 saturated heterocycles. The first-order valence-electron chi connectivity index (χ1n) is 5.74. The van der Waals surface area contributed by atoms with Crippen molar-refractivity contribution in [3.63, 3.8) is 0 Å². The Morgan fingerprint density at radius 3 is 2.73 bits per heavy atom. The standard InChI is InChI=1S/C13H22N2/c1-3-15(9-5-8-14)11-13-7-4-6-12(2)10-13/h4,6-7,10H,3,5,8-9,11,14H2,1-2H3. The number of hydrogen-bond acceptors (Lipinski definition) is 2. The number of nitrogens with zero attached hydrogens (tertiary/aromatic N) is 1. The monoisotopic (exact) mass is 206 g/mol. The zero-order valence-corrected chi connectivity index (χ0v) is 9.87. The number of benzene rings is 1. The van der Waals surface area contributed by atoms with E-state index in [4.69, 9.17) is 5.73 Å². The van der Waals surface area contributed by atoms with E-state index in [1.165, 1.54) is 11.1 Å². The van der Waals surface area contributed by atoms with E-state index >= 15 is 0 Å². The van der Waals surface area contributed by atoms with Gasteiger partial charge < -0.3 is 5.73 Å². The van der Waals surface area contributed by atoms with Crippen LogP contribution in [0.4, 0.5) is 0 Å². The highest BCUT2D eigenvalue weighted by atomic mass is 15.1. The van der Waals surface area contributed by atoms with Gasteiger partial charge in [-0.1, -0.05) is 36.8 Å². The molecule has 84 valence electrons. The summed E-state index contributed by atoms with van der Waals surface area (Å²) in [6, 6.07) is 8.71. The first kappa shape index (κ1) is 12.2. The molecule has 0 aromatic heterocycles. The van der Waals surface area contributed by atoms with Crippen LogP contribution in [0.15, 0.2) is 24.3 Å². The van der Waals surface area contributed by atoms with Crippen LogP contribution in [-0.2, 0) is 6.54 Å². The lowest BCUT2D eigenvalue weighted by molar-refractivity contribution is 0.278. The Kier molecular flexibility index (Phi) is 5.37. The highest BCUT2D eigenvalue weighted by molar-refractivity contribution is 5.22. The highest BCUT2D eigenvalue weighted by Crippen LogP contribution is 2.07. The summed E-state index contributed by atoms with van der Waals surface area (Å²) >= 11 is 0. The molecular weight excluding hydrogens is 184 g/mol. The third kappa shape index (κ3) is 4.45. The predicted molar refractivity (Wildman–Crippen MR) is 65.8 cm³/mol. The van der Waals surface area contributed by atoms with Gasteiger partial charge >= 0.3 is 0 Å². The Labute approximate surface area is 93.1 Å². The van der Waals surface area contributed by atoms with Crippen LogP contribution in [0.2, 0.25) is 0 Å². The fourth-order valence-corrected chi connectivity index (χ4v) is 1.73. The zero-order chi connectivity index (χ0) is 11.1. The van der Waals surface area contributed by atoms with Gasteiger partial charge in [0.1, 0.15) is 0 Å². The topological polar surface area (TPSA) is 29.3 Å². The molecular formula is C13H22N2. The second kappa shape index (κ2) is 6.59. The van der Waals surface area contributed by atoms with Crippen molar-refractivity contribution in [3.8, 4) is 0 Å². The van der Waals surface area contributed by atoms with E-state index in [9.17, 15) is 0 Å². The first-order chi connectivity index (χ1) is 7.26. The molecule has 1 aromatic rings. The van der Waals surface area contributed by atoms with Gasteiger partial charge in [-0.15, -0.1) is 0 Å². The van der Waals surface area contributed by atoms with Crippen LogP contribution in [0, 0.1) is 6.92 Å². The van der Waals surface area contributed by atoms with Crippen molar-refractivity contribution in [2.45, 2.75) is 26.8 Å². The van der Waals surface area contributed by atoms with Crippen LogP contribution >= 0.6 is 0 Å². The summed E-state index contributed by atoms with van der Waals surface area (Å²) in [5, 5.41) is 0. The van der Waals surface area contributed by atoms with Gasteiger partial charge in [0.2, 0.25) is 0 Å². The molecule has 0 aliphatic heterocycles. The van der Waals surface area contributed by atoms with Gasteiger partial charge in [0, 0.05) is 6.54 Å². The van der Waals surface area contributed by atoms with E-state index in [-0.39, 0.29) is 0 Å². The first-order valence-corrected chi connectivity index (χ1v) is 5.74. The summed E-state index contributed by atoms with van der Waals surface area (Å²) in [4.78, 5) is 2.43. The van der Waals surface area contributed by atoms with E-state index in [2.05, 4.69) is 43.0 Å². The van der Waals surface area contributed by atoms with Crippen LogP contribution in [0.5, 0.6) is 0 Å². The minimum absolute atomic E-state index is 0.782. The van der Waals surface area contributed by atoms with Crippen LogP contribution in [0.1, 0.15) is 24.5 Å². The molecule has 2 nitrogen and oxygen atoms in total. The van der Waals surface area contributed by atoms with Gasteiger partial charge in [0.15, 0.2) is 0 Å². The fourth-order valence-electron chi connectivity index (χ4n) is 1.73. The Bertz CT molecular complexity index is 284. The molecule has 0 aliphatic rings. The van der Waals surface area contributed by atoms with E-state index in [0.717, 1.165) is 32.6 Å². The third-order valence-electron chi connectivity index (χ3n) is 2.61. The lowest BCUT2D eigenvalue weighted by Gasteiger charge is -2.20. The van der Waals surface area contributed by atoms with Gasteiger partial charge in [0.05, 0.1) is 0 Å². The Morgan fingerprint density at radius 1 is 1.33 bits per heavy atom. The van der Waals surface area contributed by atoms with Crippen molar-refractivity contribution < 1.29 is 0 Å². The molecule has 0 aliphatic carbocycles. The maximum absolute atomic E-state index is 5.52. The summed E-state index contributed by atoms with van der Waals surface area (Å²) < 4.78 is 0. The highest BCUT2D eigenvalue weighted by Gasteiger charge is 2.02. The molecule has 2 heteroatoms.